The molecular weight excluding hydrogens is 225 g/mol. The molecule has 0 heterocycles. The van der Waals surface area contributed by atoms with Gasteiger partial charge in [-0.15, -0.1) is 0 Å². The number of hydrogen-bond donors (Lipinski definition) is 2. The van der Waals surface area contributed by atoms with Crippen molar-refractivity contribution in [1.82, 2.24) is 5.32 Å². The van der Waals surface area contributed by atoms with E-state index in [0.717, 1.165) is 12.8 Å². The Morgan fingerprint density at radius 3 is 2.29 bits per heavy atom. The molecule has 0 radical (unpaired) electrons. The highest BCUT2D eigenvalue weighted by molar-refractivity contribution is 5.86. The lowest BCUT2D eigenvalue weighted by molar-refractivity contribution is -0.144. The van der Waals surface area contributed by atoms with Crippen LogP contribution in [0.2, 0.25) is 0 Å². The number of hydrogen-bond acceptors (Lipinski definition) is 2. The van der Waals surface area contributed by atoms with Crippen molar-refractivity contribution in [1.29, 1.82) is 0 Å². The molecule has 4 nitrogen and oxygen atoms in total. The summed E-state index contributed by atoms with van der Waals surface area (Å²) in [5.74, 6) is -1.23. The highest BCUT2D eigenvalue weighted by atomic mass is 19.1. The van der Waals surface area contributed by atoms with Gasteiger partial charge in [0.2, 0.25) is 5.91 Å². The molecule has 94 valence electrons. The molecule has 2 atom stereocenters. The maximum atomic E-state index is 13.0. The maximum Gasteiger partial charge on any atom is 0.326 e. The zero-order chi connectivity index (χ0) is 12.2. The van der Waals surface area contributed by atoms with Gasteiger partial charge in [0.1, 0.15) is 12.2 Å². The van der Waals surface area contributed by atoms with Gasteiger partial charge in [0.15, 0.2) is 0 Å². The number of carboxylic acids is 1. The van der Waals surface area contributed by atoms with E-state index in [4.69, 9.17) is 5.11 Å². The Kier molecular flexibility index (Phi) is 2.22. The average molecular weight is 241 g/mol. The van der Waals surface area contributed by atoms with Gasteiger partial charge in [0.25, 0.3) is 0 Å². The smallest absolute Gasteiger partial charge is 0.326 e. The van der Waals surface area contributed by atoms with Gasteiger partial charge in [-0.1, -0.05) is 0 Å². The van der Waals surface area contributed by atoms with E-state index in [9.17, 15) is 14.0 Å². The fraction of sp³-hybridized carbons (Fsp3) is 0.833. The van der Waals surface area contributed by atoms with Crippen molar-refractivity contribution < 1.29 is 19.1 Å². The second-order valence-corrected chi connectivity index (χ2v) is 5.80. The summed E-state index contributed by atoms with van der Waals surface area (Å²) in [4.78, 5) is 22.8. The number of halogens is 1. The molecule has 0 aromatic carbocycles. The highest BCUT2D eigenvalue weighted by Gasteiger charge is 2.64. The predicted molar refractivity (Wildman–Crippen MR) is 57.0 cm³/mol. The first-order chi connectivity index (χ1) is 8.02. The minimum absolute atomic E-state index is 0.0975. The van der Waals surface area contributed by atoms with Crippen molar-refractivity contribution in [2.24, 2.45) is 17.3 Å². The first-order valence-electron chi connectivity index (χ1n) is 6.19. The van der Waals surface area contributed by atoms with E-state index in [0.29, 0.717) is 19.3 Å². The topological polar surface area (TPSA) is 66.4 Å². The molecule has 3 aliphatic rings. The number of amides is 1. The predicted octanol–water partition coefficient (Wildman–Crippen LogP) is 1.10. The van der Waals surface area contributed by atoms with E-state index in [1.807, 2.05) is 0 Å². The molecule has 0 saturated heterocycles. The van der Waals surface area contributed by atoms with Crippen LogP contribution in [0.4, 0.5) is 4.39 Å². The van der Waals surface area contributed by atoms with Crippen molar-refractivity contribution in [2.75, 3.05) is 0 Å². The number of carboxylic acid groups (broad SMARTS) is 1. The van der Waals surface area contributed by atoms with Crippen molar-refractivity contribution >= 4 is 11.9 Å². The number of alkyl halides is 1. The van der Waals surface area contributed by atoms with Gasteiger partial charge in [-0.25, -0.2) is 9.18 Å². The third kappa shape index (κ3) is 1.81. The SMILES string of the molecule is O=C(NC(C(=O)O)C1CC1)C1CC2(C1)CC2F. The standard InChI is InChI=1S/C12H16FNO3/c13-8-5-12(8)3-7(4-12)10(15)14-9(11(16)17)6-1-2-6/h6-9H,1-5H2,(H,14,15)(H,16,17). The van der Waals surface area contributed by atoms with E-state index in [-0.39, 0.29) is 23.2 Å². The Balaban J connectivity index is 1.51. The summed E-state index contributed by atoms with van der Waals surface area (Å²) < 4.78 is 13.0. The molecule has 5 heteroatoms. The summed E-state index contributed by atoms with van der Waals surface area (Å²) in [7, 11) is 0. The van der Waals surface area contributed by atoms with E-state index in [2.05, 4.69) is 5.32 Å². The van der Waals surface area contributed by atoms with Gasteiger partial charge in [0.05, 0.1) is 0 Å². The normalized spacial score (nSPS) is 40.5. The van der Waals surface area contributed by atoms with Gasteiger partial charge >= 0.3 is 5.97 Å². The quantitative estimate of drug-likeness (QED) is 0.774. The summed E-state index contributed by atoms with van der Waals surface area (Å²) in [5.41, 5.74) is -0.208. The Morgan fingerprint density at radius 1 is 1.29 bits per heavy atom. The largest absolute Gasteiger partial charge is 0.480 e. The van der Waals surface area contributed by atoms with Crippen LogP contribution in [0.15, 0.2) is 0 Å². The van der Waals surface area contributed by atoms with Crippen LogP contribution in [-0.4, -0.2) is 29.2 Å². The fourth-order valence-electron chi connectivity index (χ4n) is 2.91. The molecule has 0 aromatic rings. The molecule has 3 saturated carbocycles. The van der Waals surface area contributed by atoms with Gasteiger partial charge in [0, 0.05) is 11.3 Å². The minimum Gasteiger partial charge on any atom is -0.480 e. The summed E-state index contributed by atoms with van der Waals surface area (Å²) >= 11 is 0. The van der Waals surface area contributed by atoms with Crippen LogP contribution in [0.5, 0.6) is 0 Å². The van der Waals surface area contributed by atoms with E-state index in [1.54, 1.807) is 0 Å². The first kappa shape index (κ1) is 11.0. The van der Waals surface area contributed by atoms with Crippen molar-refractivity contribution in [3.63, 3.8) is 0 Å². The third-order valence-corrected chi connectivity index (χ3v) is 4.42. The summed E-state index contributed by atoms with van der Waals surface area (Å²) in [6, 6.07) is -0.737. The molecule has 0 aromatic heterocycles. The summed E-state index contributed by atoms with van der Waals surface area (Å²) in [6.45, 7) is 0. The van der Waals surface area contributed by atoms with E-state index >= 15 is 0 Å². The molecule has 0 bridgehead atoms. The van der Waals surface area contributed by atoms with E-state index in [1.165, 1.54) is 0 Å². The van der Waals surface area contributed by atoms with Crippen LogP contribution in [0.25, 0.3) is 0 Å². The lowest BCUT2D eigenvalue weighted by Gasteiger charge is -2.35. The van der Waals surface area contributed by atoms with Gasteiger partial charge < -0.3 is 10.4 Å². The summed E-state index contributed by atoms with van der Waals surface area (Å²) in [5, 5.41) is 11.6. The Labute approximate surface area is 98.6 Å². The number of rotatable bonds is 4. The number of carbonyl (C=O) groups excluding carboxylic acids is 1. The maximum absolute atomic E-state index is 13.0. The molecule has 17 heavy (non-hydrogen) atoms. The average Bonchev–Trinajstić information content (AvgIpc) is 3.05. The lowest BCUT2D eigenvalue weighted by Crippen LogP contribution is -2.48. The minimum atomic E-state index is -0.954. The van der Waals surface area contributed by atoms with Gasteiger partial charge in [-0.3, -0.25) is 4.79 Å². The zero-order valence-corrected chi connectivity index (χ0v) is 9.49. The van der Waals surface area contributed by atoms with Crippen molar-refractivity contribution in [2.45, 2.75) is 44.3 Å². The molecule has 0 aliphatic heterocycles. The van der Waals surface area contributed by atoms with Crippen LogP contribution in [0.3, 0.4) is 0 Å². The van der Waals surface area contributed by atoms with E-state index < -0.39 is 18.2 Å². The monoisotopic (exact) mass is 241 g/mol. The molecule has 3 rings (SSSR count). The Bertz CT molecular complexity index is 374. The molecule has 2 unspecified atom stereocenters. The highest BCUT2D eigenvalue weighted by Crippen LogP contribution is 2.64. The second-order valence-electron chi connectivity index (χ2n) is 5.80. The number of aliphatic carboxylic acids is 1. The lowest BCUT2D eigenvalue weighted by atomic mass is 9.71. The number of nitrogens with one attached hydrogen (secondary N) is 1. The van der Waals surface area contributed by atoms with Crippen molar-refractivity contribution in [3.8, 4) is 0 Å². The molecule has 1 amide bonds. The van der Waals surface area contributed by atoms with Gasteiger partial charge in [-0.05, 0) is 38.0 Å². The third-order valence-electron chi connectivity index (χ3n) is 4.42. The molecule has 1 spiro atoms. The van der Waals surface area contributed by atoms with Crippen LogP contribution < -0.4 is 5.32 Å². The summed E-state index contributed by atoms with van der Waals surface area (Å²) in [6.07, 6.45) is 2.79. The zero-order valence-electron chi connectivity index (χ0n) is 9.49. The van der Waals surface area contributed by atoms with Crippen LogP contribution in [0, 0.1) is 17.3 Å². The molecule has 3 aliphatic carbocycles. The molecular formula is C12H16FNO3. The molecule has 3 fully saturated rings. The number of carbonyl (C=O) groups is 2. The Hall–Kier alpha value is -1.13. The Morgan fingerprint density at radius 2 is 1.88 bits per heavy atom. The first-order valence-corrected chi connectivity index (χ1v) is 6.19. The van der Waals surface area contributed by atoms with Crippen LogP contribution in [-0.2, 0) is 9.59 Å². The van der Waals surface area contributed by atoms with Crippen molar-refractivity contribution in [3.05, 3.63) is 0 Å². The van der Waals surface area contributed by atoms with Crippen LogP contribution in [0.1, 0.15) is 32.1 Å². The molecule has 2 N–H and O–H groups in total. The fourth-order valence-corrected chi connectivity index (χ4v) is 2.91. The second kappa shape index (κ2) is 3.43. The van der Waals surface area contributed by atoms with Crippen LogP contribution >= 0.6 is 0 Å². The van der Waals surface area contributed by atoms with Gasteiger partial charge in [-0.2, -0.15) is 0 Å².